The zero-order valence-corrected chi connectivity index (χ0v) is 15.2. The number of nitrogens with one attached hydrogen (secondary N) is 2. The van der Waals surface area contributed by atoms with Crippen LogP contribution in [0.1, 0.15) is 5.56 Å². The molecular weight excluding hydrogens is 374 g/mol. The van der Waals surface area contributed by atoms with Crippen molar-refractivity contribution in [3.63, 3.8) is 0 Å². The number of aromatic amines is 1. The molecule has 0 bridgehead atoms. The van der Waals surface area contributed by atoms with E-state index in [2.05, 4.69) is 10.3 Å². The fraction of sp³-hybridized carbons (Fsp3) is 0.118. The molecule has 0 radical (unpaired) electrons. The van der Waals surface area contributed by atoms with Crippen molar-refractivity contribution in [1.82, 2.24) is 4.98 Å². The number of anilines is 1. The van der Waals surface area contributed by atoms with E-state index < -0.39 is 5.56 Å². The number of hydrogen-bond acceptors (Lipinski definition) is 7. The third-order valence-electron chi connectivity index (χ3n) is 3.42. The number of benzene rings is 1. The second kappa shape index (κ2) is 7.51. The number of thiophene rings is 1. The summed E-state index contributed by atoms with van der Waals surface area (Å²) in [5.41, 5.74) is 0.653. The smallest absolute Gasteiger partial charge is 0.252 e. The van der Waals surface area contributed by atoms with Crippen molar-refractivity contribution < 1.29 is 14.6 Å². The second-order valence-electron chi connectivity index (χ2n) is 5.17. The predicted octanol–water partition coefficient (Wildman–Crippen LogP) is 2.91. The summed E-state index contributed by atoms with van der Waals surface area (Å²) >= 11 is 2.33. The van der Waals surface area contributed by atoms with Gasteiger partial charge in [0.1, 0.15) is 23.1 Å². The van der Waals surface area contributed by atoms with Crippen LogP contribution in [0, 0.1) is 11.3 Å². The molecule has 2 heterocycles. The van der Waals surface area contributed by atoms with Crippen LogP contribution < -0.4 is 15.6 Å². The van der Waals surface area contributed by atoms with E-state index in [0.29, 0.717) is 25.9 Å². The number of amides is 1. The minimum atomic E-state index is -0.489. The number of carbonyl (C=O) groups is 1. The molecule has 0 unspecified atom stereocenters. The summed E-state index contributed by atoms with van der Waals surface area (Å²) < 4.78 is 6.08. The Morgan fingerprint density at radius 3 is 3.00 bits per heavy atom. The fourth-order valence-corrected chi connectivity index (χ4v) is 4.43. The van der Waals surface area contributed by atoms with Crippen LogP contribution in [0.25, 0.3) is 10.2 Å². The molecule has 0 aliphatic carbocycles. The first kappa shape index (κ1) is 17.8. The van der Waals surface area contributed by atoms with E-state index in [1.54, 1.807) is 31.4 Å². The lowest BCUT2D eigenvalue weighted by Crippen LogP contribution is -2.13. The maximum Gasteiger partial charge on any atom is 0.252 e. The van der Waals surface area contributed by atoms with Gasteiger partial charge in [-0.15, -0.1) is 23.1 Å². The highest BCUT2D eigenvalue weighted by molar-refractivity contribution is 8.02. The number of thioether (sulfide) groups is 1. The number of carbonyl (C=O) groups excluding carboxylic acids is 1. The largest absolute Gasteiger partial charge is 0.506 e. The van der Waals surface area contributed by atoms with Gasteiger partial charge in [0, 0.05) is 17.8 Å². The second-order valence-corrected chi connectivity index (χ2v) is 7.43. The summed E-state index contributed by atoms with van der Waals surface area (Å²) in [5.74, 6) is 0.273. The molecule has 26 heavy (non-hydrogen) atoms. The van der Waals surface area contributed by atoms with Gasteiger partial charge in [-0.2, -0.15) is 5.26 Å². The van der Waals surface area contributed by atoms with Gasteiger partial charge in [0.2, 0.25) is 5.91 Å². The van der Waals surface area contributed by atoms with E-state index in [1.807, 2.05) is 6.07 Å². The van der Waals surface area contributed by atoms with E-state index in [-0.39, 0.29) is 23.0 Å². The van der Waals surface area contributed by atoms with Crippen molar-refractivity contribution in [2.24, 2.45) is 0 Å². The van der Waals surface area contributed by atoms with E-state index in [0.717, 1.165) is 17.4 Å². The van der Waals surface area contributed by atoms with Crippen molar-refractivity contribution >= 4 is 44.9 Å². The van der Waals surface area contributed by atoms with Crippen LogP contribution in [0.4, 0.5) is 5.69 Å². The molecule has 0 aliphatic rings. The van der Waals surface area contributed by atoms with Crippen LogP contribution in [-0.2, 0) is 4.79 Å². The Bertz CT molecular complexity index is 1080. The molecule has 132 valence electrons. The Morgan fingerprint density at radius 2 is 2.27 bits per heavy atom. The Kier molecular flexibility index (Phi) is 5.16. The van der Waals surface area contributed by atoms with Crippen molar-refractivity contribution in [3.8, 4) is 17.6 Å². The molecule has 9 heteroatoms. The minimum absolute atomic E-state index is 0.0731. The molecule has 3 N–H and O–H groups in total. The van der Waals surface area contributed by atoms with E-state index in [4.69, 9.17) is 4.74 Å². The van der Waals surface area contributed by atoms with Crippen molar-refractivity contribution in [3.05, 3.63) is 46.2 Å². The quantitative estimate of drug-likeness (QED) is 0.580. The molecule has 0 fully saturated rings. The van der Waals surface area contributed by atoms with E-state index >= 15 is 0 Å². The summed E-state index contributed by atoms with van der Waals surface area (Å²) in [6.07, 6.45) is 0. The summed E-state index contributed by atoms with van der Waals surface area (Å²) in [6.45, 7) is 0. The summed E-state index contributed by atoms with van der Waals surface area (Å²) in [4.78, 5) is 26.2. The monoisotopic (exact) mass is 387 g/mol. The molecule has 1 amide bonds. The average Bonchev–Trinajstić information content (AvgIpc) is 2.98. The predicted molar refractivity (Wildman–Crippen MR) is 101 cm³/mol. The number of ether oxygens (including phenoxy) is 1. The topological polar surface area (TPSA) is 115 Å². The number of hydrogen-bond donors (Lipinski definition) is 3. The first-order valence-corrected chi connectivity index (χ1v) is 9.17. The van der Waals surface area contributed by atoms with Crippen molar-refractivity contribution in [1.29, 1.82) is 5.26 Å². The number of rotatable bonds is 5. The molecule has 3 rings (SSSR count). The zero-order valence-electron chi connectivity index (χ0n) is 13.5. The first-order chi connectivity index (χ1) is 12.5. The highest BCUT2D eigenvalue weighted by Crippen LogP contribution is 2.39. The zero-order chi connectivity index (χ0) is 18.7. The normalized spacial score (nSPS) is 10.5. The number of fused-ring (bicyclic) bond motifs is 1. The first-order valence-electron chi connectivity index (χ1n) is 7.37. The Labute approximate surface area is 156 Å². The van der Waals surface area contributed by atoms with Gasteiger partial charge < -0.3 is 20.1 Å². The Morgan fingerprint density at radius 1 is 1.46 bits per heavy atom. The van der Waals surface area contributed by atoms with Gasteiger partial charge in [-0.3, -0.25) is 9.59 Å². The molecular formula is C17H13N3O4S2. The van der Waals surface area contributed by atoms with Crippen LogP contribution in [-0.4, -0.2) is 28.9 Å². The van der Waals surface area contributed by atoms with Crippen LogP contribution in [0.15, 0.2) is 39.3 Å². The number of H-pyrrole nitrogens is 1. The molecule has 0 atom stereocenters. The number of methoxy groups -OCH3 is 1. The minimum Gasteiger partial charge on any atom is -0.506 e. The van der Waals surface area contributed by atoms with Gasteiger partial charge in [-0.25, -0.2) is 0 Å². The summed E-state index contributed by atoms with van der Waals surface area (Å²) in [5, 5.41) is 22.0. The fourth-order valence-electron chi connectivity index (χ4n) is 2.29. The maximum absolute atomic E-state index is 12.2. The molecule has 0 saturated heterocycles. The number of pyridine rings is 1. The third-order valence-corrected chi connectivity index (χ3v) is 5.91. The van der Waals surface area contributed by atoms with Gasteiger partial charge in [0.25, 0.3) is 5.56 Å². The Hall–Kier alpha value is -2.96. The van der Waals surface area contributed by atoms with Crippen LogP contribution >= 0.6 is 23.1 Å². The molecule has 0 aliphatic heterocycles. The van der Waals surface area contributed by atoms with Gasteiger partial charge in [0.15, 0.2) is 0 Å². The van der Waals surface area contributed by atoms with Crippen molar-refractivity contribution in [2.45, 2.75) is 4.21 Å². The van der Waals surface area contributed by atoms with Gasteiger partial charge >= 0.3 is 0 Å². The Balaban J connectivity index is 1.77. The van der Waals surface area contributed by atoms with E-state index in [9.17, 15) is 20.0 Å². The van der Waals surface area contributed by atoms with Gasteiger partial charge in [0.05, 0.1) is 27.3 Å². The highest BCUT2D eigenvalue weighted by Gasteiger charge is 2.17. The molecule has 2 aromatic heterocycles. The lowest BCUT2D eigenvalue weighted by Gasteiger charge is -2.06. The third kappa shape index (κ3) is 3.66. The molecule has 0 saturated carbocycles. The van der Waals surface area contributed by atoms with Crippen molar-refractivity contribution in [2.75, 3.05) is 18.2 Å². The molecule has 7 nitrogen and oxygen atoms in total. The SMILES string of the molecule is COc1cccc(NC(=O)CSc2sc3c(O)cc(=O)[nH]c3c2C#N)c1. The van der Waals surface area contributed by atoms with Crippen LogP contribution in [0.5, 0.6) is 11.5 Å². The molecule has 1 aromatic carbocycles. The molecule has 3 aromatic rings. The van der Waals surface area contributed by atoms with Gasteiger partial charge in [-0.05, 0) is 12.1 Å². The number of nitrogens with zero attached hydrogens (tertiary/aromatic N) is 1. The molecule has 0 spiro atoms. The highest BCUT2D eigenvalue weighted by atomic mass is 32.2. The average molecular weight is 387 g/mol. The number of aromatic hydroxyl groups is 1. The summed E-state index contributed by atoms with van der Waals surface area (Å²) in [7, 11) is 1.54. The van der Waals surface area contributed by atoms with E-state index in [1.165, 1.54) is 11.8 Å². The number of nitriles is 1. The standard InChI is InChI=1S/C17H13N3O4S2/c1-24-10-4-2-3-9(5-10)19-14(23)8-25-17-11(7-18)15-16(26-17)12(21)6-13(22)20-15/h2-6H,8H2,1H3,(H,19,23)(H2,20,21,22). The summed E-state index contributed by atoms with van der Waals surface area (Å²) in [6, 6.07) is 10.1. The number of aromatic nitrogens is 1. The maximum atomic E-state index is 12.2. The van der Waals surface area contributed by atoms with Crippen LogP contribution in [0.2, 0.25) is 0 Å². The lowest BCUT2D eigenvalue weighted by atomic mass is 10.3. The van der Waals surface area contributed by atoms with Crippen LogP contribution in [0.3, 0.4) is 0 Å². The lowest BCUT2D eigenvalue weighted by molar-refractivity contribution is -0.113. The van der Waals surface area contributed by atoms with Gasteiger partial charge in [-0.1, -0.05) is 6.07 Å².